The van der Waals surface area contributed by atoms with Gasteiger partial charge in [-0.15, -0.1) is 0 Å². The summed E-state index contributed by atoms with van der Waals surface area (Å²) in [4.78, 5) is 11.8. The van der Waals surface area contributed by atoms with Gasteiger partial charge in [-0.1, -0.05) is 19.3 Å². The number of hydrogen-bond acceptors (Lipinski definition) is 5. The molecule has 0 aromatic carbocycles. The Hall–Kier alpha value is -0.380. The Morgan fingerprint density at radius 3 is 2.12 bits per heavy atom. The van der Waals surface area contributed by atoms with Crippen molar-refractivity contribution < 1.29 is 22.9 Å². The van der Waals surface area contributed by atoms with E-state index in [1.54, 1.807) is 13.8 Å². The normalized spacial score (nSPS) is 18.0. The maximum atomic E-state index is 12.0. The van der Waals surface area contributed by atoms with E-state index in [0.29, 0.717) is 0 Å². The van der Waals surface area contributed by atoms with E-state index in [2.05, 4.69) is 0 Å². The second-order valence-corrected chi connectivity index (χ2v) is 5.62. The Morgan fingerprint density at radius 2 is 1.65 bits per heavy atom. The zero-order chi connectivity index (χ0) is 12.7. The van der Waals surface area contributed by atoms with Crippen LogP contribution in [0.5, 0.6) is 0 Å². The van der Waals surface area contributed by atoms with Gasteiger partial charge in [0.1, 0.15) is 0 Å². The second-order valence-electron chi connectivity index (χ2n) is 4.03. The van der Waals surface area contributed by atoms with Gasteiger partial charge in [0.2, 0.25) is 0 Å². The van der Waals surface area contributed by atoms with Gasteiger partial charge in [0, 0.05) is 0 Å². The summed E-state index contributed by atoms with van der Waals surface area (Å²) in [6.07, 6.45) is 4.80. The van der Waals surface area contributed by atoms with Crippen LogP contribution in [0.2, 0.25) is 0 Å². The first-order valence-corrected chi connectivity index (χ1v) is 7.70. The van der Waals surface area contributed by atoms with E-state index in [-0.39, 0.29) is 19.1 Å². The van der Waals surface area contributed by atoms with E-state index in [1.807, 2.05) is 0 Å². The number of rotatable bonds is 6. The fourth-order valence-corrected chi connectivity index (χ4v) is 3.11. The minimum Gasteiger partial charge on any atom is -0.370 e. The number of carbonyl (C=O) groups excluding carboxylic acids is 1. The molecule has 0 saturated heterocycles. The molecule has 0 bridgehead atoms. The third kappa shape index (κ3) is 4.78. The van der Waals surface area contributed by atoms with Gasteiger partial charge in [-0.05, 0) is 26.7 Å². The lowest BCUT2D eigenvalue weighted by atomic mass is 9.90. The molecule has 0 aliphatic heterocycles. The van der Waals surface area contributed by atoms with Gasteiger partial charge in [-0.25, -0.2) is 4.57 Å². The molecule has 6 heteroatoms. The van der Waals surface area contributed by atoms with Crippen molar-refractivity contribution in [3.8, 4) is 0 Å². The van der Waals surface area contributed by atoms with E-state index in [1.165, 1.54) is 0 Å². The highest BCUT2D eigenvalue weighted by Crippen LogP contribution is 2.50. The van der Waals surface area contributed by atoms with E-state index in [9.17, 15) is 9.36 Å². The maximum absolute atomic E-state index is 12.0. The Kier molecular flexibility index (Phi) is 6.17. The van der Waals surface area contributed by atoms with Crippen molar-refractivity contribution in [2.24, 2.45) is 5.92 Å². The Bertz CT molecular complexity index is 276. The first-order valence-electron chi connectivity index (χ1n) is 6.24. The van der Waals surface area contributed by atoms with Crippen LogP contribution >= 0.6 is 7.82 Å². The summed E-state index contributed by atoms with van der Waals surface area (Å²) in [6, 6.07) is 0. The topological polar surface area (TPSA) is 61.8 Å². The molecular formula is C11H21O5P. The predicted octanol–water partition coefficient (Wildman–Crippen LogP) is 3.29. The van der Waals surface area contributed by atoms with Crippen molar-refractivity contribution in [1.82, 2.24) is 0 Å². The van der Waals surface area contributed by atoms with E-state index in [4.69, 9.17) is 13.6 Å². The van der Waals surface area contributed by atoms with Crippen LogP contribution in [0.1, 0.15) is 46.0 Å². The molecule has 0 radical (unpaired) electrons. The zero-order valence-electron chi connectivity index (χ0n) is 10.5. The molecule has 5 nitrogen and oxygen atoms in total. The number of phosphoric acid groups is 1. The fourth-order valence-electron chi connectivity index (χ4n) is 1.93. The van der Waals surface area contributed by atoms with Crippen LogP contribution < -0.4 is 0 Å². The summed E-state index contributed by atoms with van der Waals surface area (Å²) in [5.74, 6) is -0.604. The highest BCUT2D eigenvalue weighted by Gasteiger charge is 2.33. The Morgan fingerprint density at radius 1 is 1.12 bits per heavy atom. The van der Waals surface area contributed by atoms with E-state index in [0.717, 1.165) is 32.1 Å². The van der Waals surface area contributed by atoms with Crippen molar-refractivity contribution >= 4 is 13.8 Å². The summed E-state index contributed by atoms with van der Waals surface area (Å²) >= 11 is 0. The monoisotopic (exact) mass is 264 g/mol. The van der Waals surface area contributed by atoms with Gasteiger partial charge in [0.25, 0.3) is 0 Å². The first kappa shape index (κ1) is 14.7. The van der Waals surface area contributed by atoms with Crippen molar-refractivity contribution in [1.29, 1.82) is 0 Å². The number of hydrogen-bond donors (Lipinski definition) is 0. The quantitative estimate of drug-likeness (QED) is 0.689. The molecule has 1 aliphatic rings. The maximum Gasteiger partial charge on any atom is 0.532 e. The SMILES string of the molecule is CCOP(=O)(OCC)OC(=O)C1CCCCC1. The van der Waals surface area contributed by atoms with Crippen LogP contribution in [-0.4, -0.2) is 19.2 Å². The smallest absolute Gasteiger partial charge is 0.370 e. The predicted molar refractivity (Wildman–Crippen MR) is 63.5 cm³/mol. The molecule has 0 spiro atoms. The lowest BCUT2D eigenvalue weighted by Crippen LogP contribution is -2.20. The molecule has 0 amide bonds. The highest BCUT2D eigenvalue weighted by molar-refractivity contribution is 7.49. The van der Waals surface area contributed by atoms with Crippen LogP contribution in [0.4, 0.5) is 0 Å². The number of phosphoric ester groups is 1. The molecule has 0 atom stereocenters. The molecule has 1 aliphatic carbocycles. The second kappa shape index (κ2) is 7.14. The fraction of sp³-hybridized carbons (Fsp3) is 0.909. The molecule has 0 unspecified atom stereocenters. The summed E-state index contributed by atoms with van der Waals surface area (Å²) < 4.78 is 26.8. The largest absolute Gasteiger partial charge is 0.532 e. The molecular weight excluding hydrogens is 243 g/mol. The van der Waals surface area contributed by atoms with Crippen molar-refractivity contribution in [3.05, 3.63) is 0 Å². The Labute approximate surface area is 102 Å². The molecule has 0 N–H and O–H groups in total. The molecule has 1 saturated carbocycles. The Balaban J connectivity index is 2.53. The van der Waals surface area contributed by atoms with Gasteiger partial charge in [0.05, 0.1) is 19.1 Å². The average Bonchev–Trinajstić information content (AvgIpc) is 2.30. The third-order valence-electron chi connectivity index (χ3n) is 2.71. The van der Waals surface area contributed by atoms with E-state index >= 15 is 0 Å². The van der Waals surface area contributed by atoms with Gasteiger partial charge >= 0.3 is 13.8 Å². The average molecular weight is 264 g/mol. The van der Waals surface area contributed by atoms with Crippen LogP contribution in [0.25, 0.3) is 0 Å². The van der Waals surface area contributed by atoms with Gasteiger partial charge in [0.15, 0.2) is 0 Å². The molecule has 1 fully saturated rings. The van der Waals surface area contributed by atoms with Crippen molar-refractivity contribution in [2.75, 3.05) is 13.2 Å². The van der Waals surface area contributed by atoms with Crippen LogP contribution in [-0.2, 0) is 22.9 Å². The lowest BCUT2D eigenvalue weighted by Gasteiger charge is -2.22. The third-order valence-corrected chi connectivity index (χ3v) is 4.27. The van der Waals surface area contributed by atoms with Crippen LogP contribution in [0.15, 0.2) is 0 Å². The standard InChI is InChI=1S/C11H21O5P/c1-3-14-17(13,15-4-2)16-11(12)10-8-6-5-7-9-10/h10H,3-9H2,1-2H3. The molecule has 0 aromatic rings. The zero-order valence-corrected chi connectivity index (χ0v) is 11.4. The summed E-state index contributed by atoms with van der Waals surface area (Å²) in [6.45, 7) is 3.74. The molecule has 1 rings (SSSR count). The summed E-state index contributed by atoms with van der Waals surface area (Å²) in [5.41, 5.74) is 0. The van der Waals surface area contributed by atoms with Gasteiger partial charge in [-0.3, -0.25) is 13.8 Å². The highest BCUT2D eigenvalue weighted by atomic mass is 31.2. The van der Waals surface area contributed by atoms with Crippen molar-refractivity contribution in [2.45, 2.75) is 46.0 Å². The minimum atomic E-state index is -3.69. The minimum absolute atomic E-state index is 0.155. The molecule has 0 aromatic heterocycles. The molecule has 17 heavy (non-hydrogen) atoms. The van der Waals surface area contributed by atoms with Crippen LogP contribution in [0.3, 0.4) is 0 Å². The van der Waals surface area contributed by atoms with Gasteiger partial charge < -0.3 is 4.52 Å². The van der Waals surface area contributed by atoms with Gasteiger partial charge in [-0.2, -0.15) is 0 Å². The summed E-state index contributed by atoms with van der Waals surface area (Å²) in [7, 11) is -3.69. The van der Waals surface area contributed by atoms with Crippen LogP contribution in [0, 0.1) is 5.92 Å². The number of carbonyl (C=O) groups is 1. The summed E-state index contributed by atoms with van der Waals surface area (Å²) in [5, 5.41) is 0. The molecule has 0 heterocycles. The lowest BCUT2D eigenvalue weighted by molar-refractivity contribution is -0.142. The van der Waals surface area contributed by atoms with Crippen molar-refractivity contribution in [3.63, 3.8) is 0 Å². The molecule has 100 valence electrons. The first-order chi connectivity index (χ1) is 8.11. The van der Waals surface area contributed by atoms with E-state index < -0.39 is 13.8 Å².